The molecule has 1 saturated heterocycles. The lowest BCUT2D eigenvalue weighted by atomic mass is 9.98. The molecule has 0 bridgehead atoms. The Bertz CT molecular complexity index is 1240. The smallest absolute Gasteiger partial charge is 0.419 e. The number of oxazole rings is 1. The molecule has 11 heteroatoms. The molecule has 0 aliphatic carbocycles. The predicted molar refractivity (Wildman–Crippen MR) is 115 cm³/mol. The van der Waals surface area contributed by atoms with Gasteiger partial charge in [-0.1, -0.05) is 0 Å². The molecule has 0 spiro atoms. The lowest BCUT2D eigenvalue weighted by molar-refractivity contribution is 0.276. The summed E-state index contributed by atoms with van der Waals surface area (Å²) < 4.78 is 39.5. The molecule has 0 saturated carbocycles. The number of sulfonamides is 1. The first kappa shape index (κ1) is 21.3. The number of aryl methyl sites for hydroxylation is 1. The molecule has 3 heterocycles. The van der Waals surface area contributed by atoms with Crippen LogP contribution in [0.25, 0.3) is 11.1 Å². The number of hydrogen-bond donors (Lipinski definition) is 0. The number of benzene rings is 1. The number of anilines is 1. The fourth-order valence-corrected chi connectivity index (χ4v) is 5.44. The Morgan fingerprint density at radius 1 is 1.23 bits per heavy atom. The van der Waals surface area contributed by atoms with E-state index in [0.29, 0.717) is 41.8 Å². The molecule has 4 rings (SSSR count). The maximum Gasteiger partial charge on any atom is 0.419 e. The van der Waals surface area contributed by atoms with Crippen LogP contribution in [0.4, 0.5) is 5.82 Å². The number of rotatable bonds is 6. The Kier molecular flexibility index (Phi) is 5.71. The van der Waals surface area contributed by atoms with Crippen molar-refractivity contribution in [1.29, 1.82) is 0 Å². The first-order valence-electron chi connectivity index (χ1n) is 9.97. The van der Waals surface area contributed by atoms with Crippen LogP contribution in [0.5, 0.6) is 5.88 Å². The van der Waals surface area contributed by atoms with E-state index in [2.05, 4.69) is 9.97 Å². The minimum Gasteiger partial charge on any atom is -0.478 e. The van der Waals surface area contributed by atoms with E-state index in [9.17, 15) is 13.2 Å². The van der Waals surface area contributed by atoms with Crippen molar-refractivity contribution in [3.63, 3.8) is 0 Å². The van der Waals surface area contributed by atoms with Gasteiger partial charge in [0, 0.05) is 46.1 Å². The number of fused-ring (bicyclic) bond motifs is 1. The van der Waals surface area contributed by atoms with E-state index in [1.165, 1.54) is 27.1 Å². The number of nitrogens with zero attached hydrogens (tertiary/aromatic N) is 5. The lowest BCUT2D eigenvalue weighted by Gasteiger charge is -2.33. The van der Waals surface area contributed by atoms with Gasteiger partial charge in [-0.05, 0) is 37.0 Å². The Hall–Kier alpha value is -2.92. The van der Waals surface area contributed by atoms with E-state index < -0.39 is 15.8 Å². The van der Waals surface area contributed by atoms with Gasteiger partial charge in [-0.3, -0.25) is 4.57 Å². The third-order valence-corrected chi connectivity index (χ3v) is 7.60. The second kappa shape index (κ2) is 8.31. The monoisotopic (exact) mass is 447 g/mol. The van der Waals surface area contributed by atoms with Gasteiger partial charge in [-0.25, -0.2) is 23.2 Å². The Balaban J connectivity index is 1.44. The Labute approximate surface area is 180 Å². The van der Waals surface area contributed by atoms with Crippen molar-refractivity contribution in [3.8, 4) is 5.88 Å². The third kappa shape index (κ3) is 4.02. The minimum absolute atomic E-state index is 0.163. The zero-order valence-electron chi connectivity index (χ0n) is 17.7. The number of methoxy groups -OCH3 is 1. The largest absolute Gasteiger partial charge is 0.478 e. The highest BCUT2D eigenvalue weighted by atomic mass is 32.2. The number of piperidine rings is 1. The quantitative estimate of drug-likeness (QED) is 0.559. The second-order valence-corrected chi connectivity index (χ2v) is 9.61. The number of aromatic nitrogens is 3. The molecule has 0 radical (unpaired) electrons. The summed E-state index contributed by atoms with van der Waals surface area (Å²) in [5, 5.41) is 0. The van der Waals surface area contributed by atoms with Crippen LogP contribution in [0.2, 0.25) is 0 Å². The van der Waals surface area contributed by atoms with Crippen molar-refractivity contribution in [2.45, 2.75) is 17.7 Å². The molecule has 1 aromatic carbocycles. The SMILES string of the molecule is COc1nccnc1N(C)CC1CCN(S(=O)(=O)c2ccc3oc(=O)n(C)c3c2)CC1. The summed E-state index contributed by atoms with van der Waals surface area (Å²) in [6.45, 7) is 1.59. The van der Waals surface area contributed by atoms with E-state index in [-0.39, 0.29) is 4.90 Å². The standard InChI is InChI=1S/C20H25N5O5S/c1-23(18-19(29-3)22-9-8-21-18)13-14-6-10-25(11-7-14)31(27,28)15-4-5-17-16(12-15)24(2)20(26)30-17/h4-5,8-9,12,14H,6-7,10-11,13H2,1-3H3. The molecule has 0 N–H and O–H groups in total. The first-order chi connectivity index (χ1) is 14.8. The average Bonchev–Trinajstić information content (AvgIpc) is 3.07. The minimum atomic E-state index is -3.66. The highest BCUT2D eigenvalue weighted by molar-refractivity contribution is 7.89. The topological polar surface area (TPSA) is 111 Å². The van der Waals surface area contributed by atoms with Crippen molar-refractivity contribution in [2.24, 2.45) is 13.0 Å². The van der Waals surface area contributed by atoms with Gasteiger partial charge in [0.1, 0.15) is 0 Å². The van der Waals surface area contributed by atoms with Crippen molar-refractivity contribution < 1.29 is 17.6 Å². The van der Waals surface area contributed by atoms with Gasteiger partial charge in [-0.2, -0.15) is 4.31 Å². The van der Waals surface area contributed by atoms with Crippen LogP contribution >= 0.6 is 0 Å². The molecule has 31 heavy (non-hydrogen) atoms. The third-order valence-electron chi connectivity index (χ3n) is 5.71. The lowest BCUT2D eigenvalue weighted by Crippen LogP contribution is -2.41. The molecule has 10 nitrogen and oxygen atoms in total. The predicted octanol–water partition coefficient (Wildman–Crippen LogP) is 1.47. The molecule has 0 amide bonds. The first-order valence-corrected chi connectivity index (χ1v) is 11.4. The molecule has 3 aromatic rings. The van der Waals surface area contributed by atoms with Gasteiger partial charge in [0.05, 0.1) is 17.5 Å². The molecule has 2 aromatic heterocycles. The summed E-state index contributed by atoms with van der Waals surface area (Å²) >= 11 is 0. The van der Waals surface area contributed by atoms with Crippen molar-refractivity contribution >= 4 is 26.9 Å². The van der Waals surface area contributed by atoms with Crippen LogP contribution in [0, 0.1) is 5.92 Å². The van der Waals surface area contributed by atoms with Crippen molar-refractivity contribution in [2.75, 3.05) is 38.7 Å². The van der Waals surface area contributed by atoms with Crippen LogP contribution in [-0.4, -0.2) is 61.0 Å². The molecule has 166 valence electrons. The van der Waals surface area contributed by atoms with Gasteiger partial charge in [-0.15, -0.1) is 0 Å². The molecular weight excluding hydrogens is 422 g/mol. The maximum atomic E-state index is 13.1. The van der Waals surface area contributed by atoms with Crippen molar-refractivity contribution in [1.82, 2.24) is 18.8 Å². The van der Waals surface area contributed by atoms with E-state index in [1.807, 2.05) is 11.9 Å². The fraction of sp³-hybridized carbons (Fsp3) is 0.450. The van der Waals surface area contributed by atoms with Gasteiger partial charge >= 0.3 is 5.76 Å². The molecular formula is C20H25N5O5S. The second-order valence-electron chi connectivity index (χ2n) is 7.67. The molecule has 1 aliphatic rings. The van der Waals surface area contributed by atoms with Crippen LogP contribution in [0.3, 0.4) is 0 Å². The summed E-state index contributed by atoms with van der Waals surface area (Å²) in [6.07, 6.45) is 4.67. The normalized spacial score (nSPS) is 16.0. The van der Waals surface area contributed by atoms with Crippen LogP contribution in [0.1, 0.15) is 12.8 Å². The van der Waals surface area contributed by atoms with Gasteiger partial charge in [0.25, 0.3) is 5.88 Å². The highest BCUT2D eigenvalue weighted by Crippen LogP contribution is 2.28. The van der Waals surface area contributed by atoms with Crippen LogP contribution in [0.15, 0.2) is 44.7 Å². The van der Waals surface area contributed by atoms with Crippen LogP contribution in [-0.2, 0) is 17.1 Å². The van der Waals surface area contributed by atoms with E-state index in [4.69, 9.17) is 9.15 Å². The molecule has 0 atom stereocenters. The van der Waals surface area contributed by atoms with Gasteiger partial charge in [0.15, 0.2) is 11.4 Å². The fourth-order valence-electron chi connectivity index (χ4n) is 3.95. The zero-order chi connectivity index (χ0) is 22.2. The van der Waals surface area contributed by atoms with E-state index in [0.717, 1.165) is 19.4 Å². The van der Waals surface area contributed by atoms with Gasteiger partial charge < -0.3 is 14.1 Å². The Morgan fingerprint density at radius 3 is 2.65 bits per heavy atom. The molecule has 0 unspecified atom stereocenters. The van der Waals surface area contributed by atoms with E-state index >= 15 is 0 Å². The average molecular weight is 448 g/mol. The molecule has 1 aliphatic heterocycles. The Morgan fingerprint density at radius 2 is 1.94 bits per heavy atom. The van der Waals surface area contributed by atoms with E-state index in [1.54, 1.807) is 26.6 Å². The van der Waals surface area contributed by atoms with Gasteiger partial charge in [0.2, 0.25) is 10.0 Å². The van der Waals surface area contributed by atoms with Crippen LogP contribution < -0.4 is 15.4 Å². The zero-order valence-corrected chi connectivity index (χ0v) is 18.5. The molecule has 1 fully saturated rings. The highest BCUT2D eigenvalue weighted by Gasteiger charge is 2.30. The van der Waals surface area contributed by atoms with Crippen molar-refractivity contribution in [3.05, 3.63) is 41.1 Å². The summed E-state index contributed by atoms with van der Waals surface area (Å²) in [5.74, 6) is 0.933. The summed E-state index contributed by atoms with van der Waals surface area (Å²) in [7, 11) is 1.39. The number of ether oxygens (including phenoxy) is 1. The number of hydrogen-bond acceptors (Lipinski definition) is 8. The summed E-state index contributed by atoms with van der Waals surface area (Å²) in [4.78, 5) is 22.4. The maximum absolute atomic E-state index is 13.1. The summed E-state index contributed by atoms with van der Waals surface area (Å²) in [6, 6.07) is 4.51. The summed E-state index contributed by atoms with van der Waals surface area (Å²) in [5.41, 5.74) is 0.827.